The summed E-state index contributed by atoms with van der Waals surface area (Å²) >= 11 is 3.56. The molecule has 0 aliphatic rings. The molecule has 2 rings (SSSR count). The highest BCUT2D eigenvalue weighted by Crippen LogP contribution is 2.27. The molecule has 0 aliphatic carbocycles. The van der Waals surface area contributed by atoms with Gasteiger partial charge in [-0.15, -0.1) is 0 Å². The Morgan fingerprint density at radius 2 is 1.83 bits per heavy atom. The van der Waals surface area contributed by atoms with Gasteiger partial charge in [-0.25, -0.2) is 9.97 Å². The molecule has 0 aliphatic heterocycles. The average Bonchev–Trinajstić information content (AvgIpc) is 2.36. The van der Waals surface area contributed by atoms with Gasteiger partial charge in [-0.3, -0.25) is 0 Å². The van der Waals surface area contributed by atoms with Crippen molar-refractivity contribution >= 4 is 21.6 Å². The normalized spacial score (nSPS) is 10.7. The Morgan fingerprint density at radius 1 is 1.22 bits per heavy atom. The van der Waals surface area contributed by atoms with Crippen molar-refractivity contribution in [2.75, 3.05) is 5.73 Å². The van der Waals surface area contributed by atoms with E-state index in [0.29, 0.717) is 5.69 Å². The number of benzene rings is 1. The monoisotopic (exact) mass is 305 g/mol. The van der Waals surface area contributed by atoms with Crippen LogP contribution in [0.5, 0.6) is 0 Å². The number of aryl methyl sites for hydroxylation is 3. The molecule has 94 valence electrons. The van der Waals surface area contributed by atoms with Crippen LogP contribution in [0.4, 0.5) is 5.69 Å². The summed E-state index contributed by atoms with van der Waals surface area (Å²) in [5.74, 6) is 0.736. The second-order valence-electron chi connectivity index (χ2n) is 4.37. The molecule has 1 aromatic carbocycles. The van der Waals surface area contributed by atoms with Gasteiger partial charge in [-0.2, -0.15) is 0 Å². The molecule has 18 heavy (non-hydrogen) atoms. The first-order valence-electron chi connectivity index (χ1n) is 5.91. The van der Waals surface area contributed by atoms with Crippen LogP contribution in [0.3, 0.4) is 0 Å². The molecule has 2 N–H and O–H groups in total. The zero-order valence-corrected chi connectivity index (χ0v) is 12.4. The van der Waals surface area contributed by atoms with Crippen molar-refractivity contribution in [3.05, 3.63) is 39.6 Å². The van der Waals surface area contributed by atoms with E-state index in [1.165, 1.54) is 11.1 Å². The predicted molar refractivity (Wildman–Crippen MR) is 78.4 cm³/mol. The van der Waals surface area contributed by atoms with Crippen molar-refractivity contribution in [2.45, 2.75) is 27.2 Å². The second-order valence-corrected chi connectivity index (χ2v) is 5.17. The first-order chi connectivity index (χ1) is 8.52. The van der Waals surface area contributed by atoms with E-state index < -0.39 is 0 Å². The molecule has 0 spiro atoms. The van der Waals surface area contributed by atoms with E-state index in [2.05, 4.69) is 51.9 Å². The largest absolute Gasteiger partial charge is 0.396 e. The number of nitrogens with zero attached hydrogens (tertiary/aromatic N) is 2. The molecule has 0 unspecified atom stereocenters. The third-order valence-electron chi connectivity index (χ3n) is 2.93. The van der Waals surface area contributed by atoms with Gasteiger partial charge in [0.25, 0.3) is 0 Å². The van der Waals surface area contributed by atoms with Gasteiger partial charge in [0.2, 0.25) is 0 Å². The van der Waals surface area contributed by atoms with Crippen LogP contribution >= 0.6 is 15.9 Å². The Bertz CT molecular complexity index is 571. The molecular weight excluding hydrogens is 290 g/mol. The fraction of sp³-hybridized carbons (Fsp3) is 0.286. The smallest absolute Gasteiger partial charge is 0.159 e. The molecule has 0 atom stereocenters. The Morgan fingerprint density at radius 3 is 2.39 bits per heavy atom. The van der Waals surface area contributed by atoms with Gasteiger partial charge < -0.3 is 5.73 Å². The molecule has 1 heterocycles. The maximum absolute atomic E-state index is 5.83. The number of hydrogen-bond acceptors (Lipinski definition) is 3. The van der Waals surface area contributed by atoms with Gasteiger partial charge in [0.1, 0.15) is 0 Å². The van der Waals surface area contributed by atoms with Crippen LogP contribution in [0, 0.1) is 13.8 Å². The van der Waals surface area contributed by atoms with E-state index >= 15 is 0 Å². The first-order valence-corrected chi connectivity index (χ1v) is 6.70. The Kier molecular flexibility index (Phi) is 3.66. The van der Waals surface area contributed by atoms with Crippen LogP contribution in [0.25, 0.3) is 11.4 Å². The number of nitrogens with two attached hydrogens (primary N) is 1. The minimum atomic E-state index is 0.659. The predicted octanol–water partition coefficient (Wildman–Crippen LogP) is 3.67. The van der Waals surface area contributed by atoms with Crippen molar-refractivity contribution in [3.8, 4) is 11.4 Å². The number of anilines is 1. The quantitative estimate of drug-likeness (QED) is 0.921. The fourth-order valence-corrected chi connectivity index (χ4v) is 2.15. The van der Waals surface area contributed by atoms with Crippen LogP contribution in [0.2, 0.25) is 0 Å². The zero-order chi connectivity index (χ0) is 13.3. The van der Waals surface area contributed by atoms with E-state index in [1.54, 1.807) is 6.20 Å². The van der Waals surface area contributed by atoms with Crippen molar-refractivity contribution in [1.82, 2.24) is 9.97 Å². The minimum Gasteiger partial charge on any atom is -0.396 e. The van der Waals surface area contributed by atoms with Crippen LogP contribution < -0.4 is 5.73 Å². The fourth-order valence-electron chi connectivity index (χ4n) is 1.92. The molecule has 0 saturated carbocycles. The van der Waals surface area contributed by atoms with E-state index in [0.717, 1.165) is 28.0 Å². The summed E-state index contributed by atoms with van der Waals surface area (Å²) in [6, 6.07) is 4.17. The van der Waals surface area contributed by atoms with Gasteiger partial charge in [-0.1, -0.05) is 22.9 Å². The lowest BCUT2D eigenvalue weighted by molar-refractivity contribution is 1.01. The maximum Gasteiger partial charge on any atom is 0.159 e. The third kappa shape index (κ3) is 2.38. The van der Waals surface area contributed by atoms with Crippen LogP contribution in [0.1, 0.15) is 23.7 Å². The molecule has 4 heteroatoms. The Labute approximate surface area is 116 Å². The van der Waals surface area contributed by atoms with Gasteiger partial charge in [0.05, 0.1) is 17.6 Å². The van der Waals surface area contributed by atoms with Crippen molar-refractivity contribution < 1.29 is 0 Å². The van der Waals surface area contributed by atoms with Crippen molar-refractivity contribution in [3.63, 3.8) is 0 Å². The molecule has 0 bridgehead atoms. The third-order valence-corrected chi connectivity index (χ3v) is 4.18. The summed E-state index contributed by atoms with van der Waals surface area (Å²) in [6.45, 7) is 6.18. The van der Waals surface area contributed by atoms with E-state index in [-0.39, 0.29) is 0 Å². The summed E-state index contributed by atoms with van der Waals surface area (Å²) in [5, 5.41) is 0. The highest BCUT2D eigenvalue weighted by atomic mass is 79.9. The zero-order valence-electron chi connectivity index (χ0n) is 10.8. The van der Waals surface area contributed by atoms with Gasteiger partial charge in [0.15, 0.2) is 5.82 Å². The standard InChI is InChI=1S/C14H16BrN3/c1-4-12-11(16)7-17-14(18-12)10-5-8(2)13(15)9(3)6-10/h5-7H,4,16H2,1-3H3. The molecule has 0 saturated heterocycles. The summed E-state index contributed by atoms with van der Waals surface area (Å²) in [4.78, 5) is 8.84. The van der Waals surface area contributed by atoms with Crippen molar-refractivity contribution in [1.29, 1.82) is 0 Å². The summed E-state index contributed by atoms with van der Waals surface area (Å²) in [6.07, 6.45) is 2.50. The molecular formula is C14H16BrN3. The van der Waals surface area contributed by atoms with Crippen LogP contribution in [-0.4, -0.2) is 9.97 Å². The van der Waals surface area contributed by atoms with E-state index in [9.17, 15) is 0 Å². The average molecular weight is 306 g/mol. The highest BCUT2D eigenvalue weighted by Gasteiger charge is 2.08. The number of aromatic nitrogens is 2. The molecule has 0 radical (unpaired) electrons. The number of rotatable bonds is 2. The Hall–Kier alpha value is -1.42. The van der Waals surface area contributed by atoms with Gasteiger partial charge >= 0.3 is 0 Å². The molecule has 0 fully saturated rings. The second kappa shape index (κ2) is 5.06. The minimum absolute atomic E-state index is 0.659. The number of hydrogen-bond donors (Lipinski definition) is 1. The highest BCUT2D eigenvalue weighted by molar-refractivity contribution is 9.10. The van der Waals surface area contributed by atoms with E-state index in [1.807, 2.05) is 6.92 Å². The molecule has 0 amide bonds. The first kappa shape index (κ1) is 13.0. The van der Waals surface area contributed by atoms with E-state index in [4.69, 9.17) is 5.73 Å². The van der Waals surface area contributed by atoms with Gasteiger partial charge in [0, 0.05) is 10.0 Å². The molecule has 1 aromatic heterocycles. The lowest BCUT2D eigenvalue weighted by Gasteiger charge is -2.09. The molecule has 2 aromatic rings. The summed E-state index contributed by atoms with van der Waals surface area (Å²) in [7, 11) is 0. The van der Waals surface area contributed by atoms with Crippen LogP contribution in [-0.2, 0) is 6.42 Å². The lowest BCUT2D eigenvalue weighted by atomic mass is 10.1. The lowest BCUT2D eigenvalue weighted by Crippen LogP contribution is -2.01. The maximum atomic E-state index is 5.83. The summed E-state index contributed by atoms with van der Waals surface area (Å²) in [5.41, 5.74) is 10.8. The number of halogens is 1. The SMILES string of the molecule is CCc1nc(-c2cc(C)c(Br)c(C)c2)ncc1N. The van der Waals surface area contributed by atoms with Crippen LogP contribution in [0.15, 0.2) is 22.8 Å². The topological polar surface area (TPSA) is 51.8 Å². The van der Waals surface area contributed by atoms with Crippen molar-refractivity contribution in [2.24, 2.45) is 0 Å². The summed E-state index contributed by atoms with van der Waals surface area (Å²) < 4.78 is 1.14. The van der Waals surface area contributed by atoms with Gasteiger partial charge in [-0.05, 0) is 43.5 Å². The number of nitrogen functional groups attached to an aromatic ring is 1. The molecule has 3 nitrogen and oxygen atoms in total. The Balaban J connectivity index is 2.55.